The van der Waals surface area contributed by atoms with Crippen molar-refractivity contribution < 1.29 is 14.2 Å². The lowest BCUT2D eigenvalue weighted by molar-refractivity contribution is 0.0639. The predicted molar refractivity (Wildman–Crippen MR) is 78.5 cm³/mol. The van der Waals surface area contributed by atoms with Crippen molar-refractivity contribution in [2.24, 2.45) is 0 Å². The fourth-order valence-electron chi connectivity index (χ4n) is 2.37. The van der Waals surface area contributed by atoms with Crippen LogP contribution in [0.25, 0.3) is 0 Å². The summed E-state index contributed by atoms with van der Waals surface area (Å²) in [6, 6.07) is 9.73. The van der Waals surface area contributed by atoms with E-state index in [1.807, 2.05) is 12.1 Å². The second-order valence-electron chi connectivity index (χ2n) is 4.71. The highest BCUT2D eigenvalue weighted by Crippen LogP contribution is 2.42. The van der Waals surface area contributed by atoms with Crippen LogP contribution in [0.4, 0.5) is 4.39 Å². The molecule has 1 N–H and O–H groups in total. The first kappa shape index (κ1) is 13.9. The van der Waals surface area contributed by atoms with Crippen molar-refractivity contribution in [1.82, 2.24) is 0 Å². The molecule has 0 aromatic heterocycles. The number of benzene rings is 2. The van der Waals surface area contributed by atoms with Gasteiger partial charge in [-0.25, -0.2) is 4.39 Å². The van der Waals surface area contributed by atoms with Crippen LogP contribution in [-0.2, 0) is 0 Å². The summed E-state index contributed by atoms with van der Waals surface area (Å²) in [5.74, 6) is 0.184. The van der Waals surface area contributed by atoms with Gasteiger partial charge in [0.2, 0.25) is 0 Å². The smallest absolute Gasteiger partial charge is 0.130 e. The first-order valence-corrected chi connectivity index (χ1v) is 7.31. The van der Waals surface area contributed by atoms with Crippen LogP contribution in [0, 0.1) is 5.82 Å². The van der Waals surface area contributed by atoms with Gasteiger partial charge in [-0.05, 0) is 36.4 Å². The number of hydrogen-bond donors (Lipinski definition) is 1. The van der Waals surface area contributed by atoms with Gasteiger partial charge in [-0.2, -0.15) is 0 Å². The zero-order valence-electron chi connectivity index (χ0n) is 10.3. The lowest BCUT2D eigenvalue weighted by Gasteiger charge is -2.30. The molecule has 2 atom stereocenters. The number of halogens is 3. The van der Waals surface area contributed by atoms with Crippen molar-refractivity contribution >= 4 is 27.5 Å². The van der Waals surface area contributed by atoms with E-state index in [1.165, 1.54) is 18.2 Å². The summed E-state index contributed by atoms with van der Waals surface area (Å²) in [7, 11) is 0. The van der Waals surface area contributed by atoms with Gasteiger partial charge >= 0.3 is 0 Å². The number of rotatable bonds is 1. The molecule has 3 rings (SSSR count). The number of fused-ring (bicyclic) bond motifs is 1. The monoisotopic (exact) mass is 356 g/mol. The molecule has 0 radical (unpaired) electrons. The summed E-state index contributed by atoms with van der Waals surface area (Å²) < 4.78 is 20.6. The normalized spacial score (nSPS) is 21.2. The molecule has 0 amide bonds. The molecule has 0 spiro atoms. The van der Waals surface area contributed by atoms with Crippen LogP contribution in [-0.4, -0.2) is 5.11 Å². The molecule has 1 heterocycles. The van der Waals surface area contributed by atoms with E-state index in [0.29, 0.717) is 28.3 Å². The number of aliphatic hydroxyl groups is 1. The molecule has 2 aromatic carbocycles. The molecule has 20 heavy (non-hydrogen) atoms. The molecule has 0 bridgehead atoms. The summed E-state index contributed by atoms with van der Waals surface area (Å²) in [6.07, 6.45) is -0.947. The Morgan fingerprint density at radius 3 is 2.80 bits per heavy atom. The molecule has 0 saturated carbocycles. The van der Waals surface area contributed by atoms with E-state index in [4.69, 9.17) is 16.3 Å². The lowest BCUT2D eigenvalue weighted by atomic mass is 9.95. The molecular weight excluding hydrogens is 347 g/mol. The van der Waals surface area contributed by atoms with Gasteiger partial charge in [-0.3, -0.25) is 0 Å². The van der Waals surface area contributed by atoms with E-state index >= 15 is 0 Å². The highest BCUT2D eigenvalue weighted by Gasteiger charge is 2.29. The van der Waals surface area contributed by atoms with Crippen LogP contribution in [0.15, 0.2) is 40.9 Å². The van der Waals surface area contributed by atoms with Crippen LogP contribution in [0.1, 0.15) is 29.8 Å². The summed E-state index contributed by atoms with van der Waals surface area (Å²) in [6.45, 7) is 0. The second kappa shape index (κ2) is 5.35. The van der Waals surface area contributed by atoms with Crippen molar-refractivity contribution in [2.45, 2.75) is 18.6 Å². The van der Waals surface area contributed by atoms with Gasteiger partial charge in [0.05, 0.1) is 6.10 Å². The van der Waals surface area contributed by atoms with Gasteiger partial charge in [0, 0.05) is 27.0 Å². The molecule has 0 aliphatic carbocycles. The van der Waals surface area contributed by atoms with Crippen LogP contribution in [0.2, 0.25) is 5.02 Å². The minimum Gasteiger partial charge on any atom is -0.485 e. The Balaban J connectivity index is 1.99. The minimum absolute atomic E-state index is 0.292. The standard InChI is InChI=1S/C15H11BrClFO2/c16-8-1-4-14-11(5-8)13(19)7-15(20-14)10-6-9(17)2-3-12(10)18/h1-6,13,15,19H,7H2. The minimum atomic E-state index is -0.695. The molecular formula is C15H11BrClFO2. The molecule has 0 saturated heterocycles. The van der Waals surface area contributed by atoms with Crippen LogP contribution in [0.3, 0.4) is 0 Å². The maximum atomic E-state index is 13.9. The molecule has 5 heteroatoms. The van der Waals surface area contributed by atoms with Crippen LogP contribution >= 0.6 is 27.5 Å². The zero-order valence-corrected chi connectivity index (χ0v) is 12.7. The summed E-state index contributed by atoms with van der Waals surface area (Å²) in [5, 5.41) is 10.7. The Morgan fingerprint density at radius 2 is 2.00 bits per heavy atom. The van der Waals surface area contributed by atoms with E-state index in [2.05, 4.69) is 15.9 Å². The van der Waals surface area contributed by atoms with Gasteiger partial charge in [-0.15, -0.1) is 0 Å². The van der Waals surface area contributed by atoms with Crippen molar-refractivity contribution in [3.05, 3.63) is 62.8 Å². The number of ether oxygens (including phenoxy) is 1. The third-order valence-corrected chi connectivity index (χ3v) is 4.07. The molecule has 2 aromatic rings. The largest absolute Gasteiger partial charge is 0.485 e. The summed E-state index contributed by atoms with van der Waals surface area (Å²) in [4.78, 5) is 0. The first-order chi connectivity index (χ1) is 9.54. The predicted octanol–water partition coefficient (Wildman–Crippen LogP) is 4.80. The summed E-state index contributed by atoms with van der Waals surface area (Å²) in [5.41, 5.74) is 1.07. The van der Waals surface area contributed by atoms with Gasteiger partial charge in [-0.1, -0.05) is 27.5 Å². The average molecular weight is 358 g/mol. The van der Waals surface area contributed by atoms with Crippen molar-refractivity contribution in [1.29, 1.82) is 0 Å². The zero-order chi connectivity index (χ0) is 14.3. The van der Waals surface area contributed by atoms with Crippen LogP contribution < -0.4 is 4.74 Å². The van der Waals surface area contributed by atoms with Crippen molar-refractivity contribution in [3.63, 3.8) is 0 Å². The number of hydrogen-bond acceptors (Lipinski definition) is 2. The Bertz CT molecular complexity index is 662. The maximum Gasteiger partial charge on any atom is 0.130 e. The Kier molecular flexibility index (Phi) is 3.71. The molecule has 1 aliphatic rings. The highest BCUT2D eigenvalue weighted by atomic mass is 79.9. The topological polar surface area (TPSA) is 29.5 Å². The molecule has 2 nitrogen and oxygen atoms in total. The molecule has 1 aliphatic heterocycles. The maximum absolute atomic E-state index is 13.9. The number of aliphatic hydroxyl groups excluding tert-OH is 1. The fraction of sp³-hybridized carbons (Fsp3) is 0.200. The lowest BCUT2D eigenvalue weighted by Crippen LogP contribution is -2.20. The molecule has 2 unspecified atom stereocenters. The van der Waals surface area contributed by atoms with Crippen LogP contribution in [0.5, 0.6) is 5.75 Å². The Hall–Kier alpha value is -1.10. The highest BCUT2D eigenvalue weighted by molar-refractivity contribution is 9.10. The fourth-order valence-corrected chi connectivity index (χ4v) is 2.93. The van der Waals surface area contributed by atoms with E-state index in [-0.39, 0.29) is 5.82 Å². The van der Waals surface area contributed by atoms with Gasteiger partial charge in [0.15, 0.2) is 0 Å². The van der Waals surface area contributed by atoms with E-state index in [0.717, 1.165) is 4.47 Å². The van der Waals surface area contributed by atoms with Gasteiger partial charge in [0.25, 0.3) is 0 Å². The SMILES string of the molecule is OC1CC(c2cc(Cl)ccc2F)Oc2ccc(Br)cc21. The van der Waals surface area contributed by atoms with Gasteiger partial charge < -0.3 is 9.84 Å². The molecule has 0 fully saturated rings. The average Bonchev–Trinajstić information content (AvgIpc) is 2.42. The quantitative estimate of drug-likeness (QED) is 0.794. The van der Waals surface area contributed by atoms with E-state index in [9.17, 15) is 9.50 Å². The third-order valence-electron chi connectivity index (χ3n) is 3.34. The Morgan fingerprint density at radius 1 is 1.20 bits per heavy atom. The van der Waals surface area contributed by atoms with Crippen molar-refractivity contribution in [2.75, 3.05) is 0 Å². The van der Waals surface area contributed by atoms with E-state index < -0.39 is 12.2 Å². The molecule has 104 valence electrons. The first-order valence-electron chi connectivity index (χ1n) is 6.13. The second-order valence-corrected chi connectivity index (χ2v) is 6.06. The third kappa shape index (κ3) is 2.55. The van der Waals surface area contributed by atoms with Gasteiger partial charge in [0.1, 0.15) is 17.7 Å². The Labute approximate surface area is 129 Å². The summed E-state index contributed by atoms with van der Waals surface area (Å²) >= 11 is 9.26. The van der Waals surface area contributed by atoms with Crippen molar-refractivity contribution in [3.8, 4) is 5.75 Å². The van der Waals surface area contributed by atoms with E-state index in [1.54, 1.807) is 6.07 Å².